The molecule has 1 N–H and O–H groups in total. The van der Waals surface area contributed by atoms with E-state index in [2.05, 4.69) is 18.8 Å². The maximum absolute atomic E-state index is 13.5. The molecule has 2 rings (SSSR count). The fourth-order valence-corrected chi connectivity index (χ4v) is 3.61. The molecule has 1 aromatic heterocycles. The summed E-state index contributed by atoms with van der Waals surface area (Å²) in [7, 11) is 0. The Morgan fingerprint density at radius 3 is 2.19 bits per heavy atom. The zero-order valence-electron chi connectivity index (χ0n) is 19.7. The summed E-state index contributed by atoms with van der Waals surface area (Å²) in [5.41, 5.74) is 3.52. The average Bonchev–Trinajstić information content (AvgIpc) is 3.01. The summed E-state index contributed by atoms with van der Waals surface area (Å²) in [4.78, 5) is 43.7. The van der Waals surface area contributed by atoms with Crippen molar-refractivity contribution in [3.63, 3.8) is 0 Å². The third-order valence-corrected chi connectivity index (χ3v) is 5.52. The number of aromatic nitrogens is 1. The van der Waals surface area contributed by atoms with E-state index in [0.29, 0.717) is 34.8 Å². The molecule has 1 aromatic carbocycles. The molecular formula is C25H34N2O4. The van der Waals surface area contributed by atoms with Crippen LogP contribution < -0.4 is 0 Å². The van der Waals surface area contributed by atoms with Gasteiger partial charge in [-0.3, -0.25) is 9.59 Å². The lowest BCUT2D eigenvalue weighted by Crippen LogP contribution is -2.44. The van der Waals surface area contributed by atoms with Gasteiger partial charge in [-0.1, -0.05) is 31.5 Å². The van der Waals surface area contributed by atoms with Crippen molar-refractivity contribution in [2.45, 2.75) is 60.9 Å². The number of benzene rings is 1. The highest BCUT2D eigenvalue weighted by atomic mass is 16.5. The number of aryl methyl sites for hydroxylation is 2. The Morgan fingerprint density at radius 2 is 1.65 bits per heavy atom. The number of rotatable bonds is 9. The molecule has 6 heteroatoms. The van der Waals surface area contributed by atoms with Gasteiger partial charge in [-0.2, -0.15) is 0 Å². The number of hydrogen-bond donors (Lipinski definition) is 1. The van der Waals surface area contributed by atoms with Gasteiger partial charge in [0.1, 0.15) is 5.69 Å². The van der Waals surface area contributed by atoms with Crippen LogP contribution in [0.25, 0.3) is 0 Å². The van der Waals surface area contributed by atoms with E-state index in [4.69, 9.17) is 4.74 Å². The highest BCUT2D eigenvalue weighted by Crippen LogP contribution is 2.23. The van der Waals surface area contributed by atoms with Gasteiger partial charge in [0.15, 0.2) is 5.78 Å². The largest absolute Gasteiger partial charge is 0.461 e. The Kier molecular flexibility index (Phi) is 8.20. The number of ketones is 1. The zero-order chi connectivity index (χ0) is 23.3. The molecule has 1 atom stereocenters. The Labute approximate surface area is 185 Å². The minimum absolute atomic E-state index is 0.169. The molecular weight excluding hydrogens is 392 g/mol. The summed E-state index contributed by atoms with van der Waals surface area (Å²) in [6, 6.07) is 6.71. The van der Waals surface area contributed by atoms with Crippen molar-refractivity contribution >= 4 is 17.7 Å². The average molecular weight is 427 g/mol. The number of hydrogen-bond acceptors (Lipinski definition) is 4. The fraction of sp³-hybridized carbons (Fsp3) is 0.480. The molecule has 168 valence electrons. The molecule has 0 aliphatic carbocycles. The Hall–Kier alpha value is -2.89. The van der Waals surface area contributed by atoms with E-state index < -0.39 is 12.0 Å². The Morgan fingerprint density at radius 1 is 1.03 bits per heavy atom. The van der Waals surface area contributed by atoms with Crippen LogP contribution in [0.3, 0.4) is 0 Å². The number of carbonyl (C=O) groups is 3. The van der Waals surface area contributed by atoms with Gasteiger partial charge in [0.25, 0.3) is 5.91 Å². The smallest absolute Gasteiger partial charge is 0.355 e. The van der Waals surface area contributed by atoms with Crippen molar-refractivity contribution in [3.8, 4) is 0 Å². The first-order valence-corrected chi connectivity index (χ1v) is 10.9. The number of ether oxygens (including phenoxy) is 1. The van der Waals surface area contributed by atoms with Crippen LogP contribution in [0.1, 0.15) is 82.1 Å². The molecule has 31 heavy (non-hydrogen) atoms. The number of H-pyrrole nitrogens is 1. The summed E-state index contributed by atoms with van der Waals surface area (Å²) in [5, 5.41) is 0. The topological polar surface area (TPSA) is 79.5 Å². The first kappa shape index (κ1) is 24.4. The summed E-state index contributed by atoms with van der Waals surface area (Å²) in [6.45, 7) is 13.9. The van der Waals surface area contributed by atoms with Crippen LogP contribution in [-0.2, 0) is 4.74 Å². The van der Waals surface area contributed by atoms with Crippen LogP contribution in [-0.4, -0.2) is 46.7 Å². The predicted octanol–water partition coefficient (Wildman–Crippen LogP) is 4.88. The summed E-state index contributed by atoms with van der Waals surface area (Å²) in [5.74, 6) is -0.451. The number of nitrogens with zero attached hydrogens (tertiary/aromatic N) is 1. The molecule has 0 radical (unpaired) electrons. The molecule has 0 aliphatic heterocycles. The van der Waals surface area contributed by atoms with E-state index in [9.17, 15) is 14.4 Å². The molecule has 0 saturated carbocycles. The molecule has 0 spiro atoms. The molecule has 1 unspecified atom stereocenters. The molecule has 0 saturated heterocycles. The van der Waals surface area contributed by atoms with Crippen molar-refractivity contribution < 1.29 is 19.1 Å². The van der Waals surface area contributed by atoms with Crippen LogP contribution in [0.2, 0.25) is 0 Å². The SMILES string of the molecule is CCOC(=O)c1[nH]c(C)c(C(=O)C(C)N(CCC(C)C)C(=O)c2ccc(C)cc2)c1C. The molecule has 0 fully saturated rings. The lowest BCUT2D eigenvalue weighted by Gasteiger charge is -2.29. The lowest BCUT2D eigenvalue weighted by molar-refractivity contribution is 0.0518. The Balaban J connectivity index is 2.38. The fourth-order valence-electron chi connectivity index (χ4n) is 3.61. The molecule has 0 bridgehead atoms. The third kappa shape index (κ3) is 5.63. The number of nitrogens with one attached hydrogen (secondary N) is 1. The minimum atomic E-state index is -0.671. The van der Waals surface area contributed by atoms with E-state index in [-0.39, 0.29) is 24.0 Å². The monoisotopic (exact) mass is 426 g/mol. The number of carbonyl (C=O) groups excluding carboxylic acids is 3. The second-order valence-electron chi connectivity index (χ2n) is 8.43. The second kappa shape index (κ2) is 10.4. The van der Waals surface area contributed by atoms with Gasteiger partial charge in [0.2, 0.25) is 0 Å². The standard InChI is InChI=1S/C25H34N2O4/c1-8-31-25(30)22-17(5)21(18(6)26-22)23(28)19(7)27(14-13-15(2)3)24(29)20-11-9-16(4)10-12-20/h9-12,15,19,26H,8,13-14H2,1-7H3. The molecule has 0 aliphatic rings. The number of aromatic amines is 1. The van der Waals surface area contributed by atoms with Crippen molar-refractivity contribution in [2.75, 3.05) is 13.2 Å². The molecule has 6 nitrogen and oxygen atoms in total. The third-order valence-electron chi connectivity index (χ3n) is 5.52. The van der Waals surface area contributed by atoms with Crippen LogP contribution in [0, 0.1) is 26.7 Å². The number of Topliss-reactive ketones (excluding diaryl/α,β-unsaturated/α-hetero) is 1. The highest BCUT2D eigenvalue weighted by molar-refractivity contribution is 6.07. The van der Waals surface area contributed by atoms with Gasteiger partial charge < -0.3 is 14.6 Å². The molecule has 1 heterocycles. The van der Waals surface area contributed by atoms with Crippen LogP contribution in [0.5, 0.6) is 0 Å². The van der Waals surface area contributed by atoms with Crippen LogP contribution in [0.15, 0.2) is 24.3 Å². The first-order chi connectivity index (χ1) is 14.6. The van der Waals surface area contributed by atoms with Gasteiger partial charge in [-0.25, -0.2) is 4.79 Å². The molecule has 2 aromatic rings. The number of amides is 1. The van der Waals surface area contributed by atoms with Crippen molar-refractivity contribution in [3.05, 3.63) is 57.9 Å². The number of esters is 1. The van der Waals surface area contributed by atoms with Gasteiger partial charge in [0, 0.05) is 23.4 Å². The van der Waals surface area contributed by atoms with Crippen LogP contribution in [0.4, 0.5) is 0 Å². The van der Waals surface area contributed by atoms with Gasteiger partial charge in [-0.15, -0.1) is 0 Å². The van der Waals surface area contributed by atoms with Crippen molar-refractivity contribution in [1.82, 2.24) is 9.88 Å². The summed E-state index contributed by atoms with van der Waals surface area (Å²) >= 11 is 0. The zero-order valence-corrected chi connectivity index (χ0v) is 19.7. The van der Waals surface area contributed by atoms with Gasteiger partial charge in [-0.05, 0) is 64.7 Å². The van der Waals surface area contributed by atoms with E-state index >= 15 is 0 Å². The van der Waals surface area contributed by atoms with E-state index in [1.165, 1.54) is 0 Å². The minimum Gasteiger partial charge on any atom is -0.461 e. The van der Waals surface area contributed by atoms with Crippen molar-refractivity contribution in [1.29, 1.82) is 0 Å². The van der Waals surface area contributed by atoms with E-state index in [1.807, 2.05) is 19.1 Å². The predicted molar refractivity (Wildman–Crippen MR) is 122 cm³/mol. The van der Waals surface area contributed by atoms with Gasteiger partial charge >= 0.3 is 5.97 Å². The van der Waals surface area contributed by atoms with E-state index in [0.717, 1.165) is 12.0 Å². The second-order valence-corrected chi connectivity index (χ2v) is 8.43. The maximum atomic E-state index is 13.5. The van der Waals surface area contributed by atoms with E-state index in [1.54, 1.807) is 44.7 Å². The van der Waals surface area contributed by atoms with Crippen molar-refractivity contribution in [2.24, 2.45) is 5.92 Å². The Bertz CT molecular complexity index is 941. The summed E-state index contributed by atoms with van der Waals surface area (Å²) in [6.07, 6.45) is 0.786. The first-order valence-electron chi connectivity index (χ1n) is 10.9. The normalized spacial score (nSPS) is 12.0. The highest BCUT2D eigenvalue weighted by Gasteiger charge is 2.31. The maximum Gasteiger partial charge on any atom is 0.355 e. The lowest BCUT2D eigenvalue weighted by atomic mass is 9.98. The quantitative estimate of drug-likeness (QED) is 0.458. The molecule has 1 amide bonds. The van der Waals surface area contributed by atoms with Gasteiger partial charge in [0.05, 0.1) is 12.6 Å². The summed E-state index contributed by atoms with van der Waals surface area (Å²) < 4.78 is 5.09. The van der Waals surface area contributed by atoms with Crippen LogP contribution >= 0.6 is 0 Å².